The van der Waals surface area contributed by atoms with Crippen LogP contribution in [-0.4, -0.2) is 5.11 Å². The van der Waals surface area contributed by atoms with Crippen molar-refractivity contribution < 1.29 is 57.9 Å². The molecule has 0 bridgehead atoms. The van der Waals surface area contributed by atoms with Gasteiger partial charge in [0.15, 0.2) is 0 Å². The molecule has 0 aliphatic rings. The molecular weight excluding hydrogens is 151 g/mol. The molecule has 0 atom stereocenters. The van der Waals surface area contributed by atoms with Crippen molar-refractivity contribution in [3.8, 4) is 5.75 Å². The minimum atomic E-state index is 0. The average molecular weight is 162 g/mol. The maximum absolute atomic E-state index is 8.85. The Kier molecular flexibility index (Phi) is 5.68. The zero-order valence-electron chi connectivity index (χ0n) is 7.46. The Hall–Kier alpha value is 0.656. The first-order valence-electron chi connectivity index (χ1n) is 3.11. The predicted molar refractivity (Wildman–Crippen MR) is 38.6 cm³/mol. The number of phenols is 1. The maximum Gasteiger partial charge on any atom is 1.00 e. The molecule has 1 N–H and O–H groups in total. The second kappa shape index (κ2) is 5.33. The van der Waals surface area contributed by atoms with Gasteiger partial charge in [0.05, 0.1) is 0 Å². The zero-order chi connectivity index (χ0) is 6.69. The van der Waals surface area contributed by atoms with Crippen LogP contribution in [0.2, 0.25) is 0 Å². The summed E-state index contributed by atoms with van der Waals surface area (Å²) in [7, 11) is 0. The van der Waals surface area contributed by atoms with Gasteiger partial charge in [-0.3, -0.25) is 0 Å². The molecule has 0 heterocycles. The molecule has 2 heteroatoms. The summed E-state index contributed by atoms with van der Waals surface area (Å²) in [4.78, 5) is 0. The average Bonchev–Trinajstić information content (AvgIpc) is 1.90. The first-order chi connectivity index (χ1) is 4.33. The fourth-order valence-electron chi connectivity index (χ4n) is 0.732. The number of hydrogen-bond donors (Lipinski definition) is 1. The predicted octanol–water partition coefficient (Wildman–Crippen LogP) is -0.929. The third kappa shape index (κ3) is 3.17. The van der Waals surface area contributed by atoms with Gasteiger partial charge >= 0.3 is 51.4 Å². The van der Waals surface area contributed by atoms with Gasteiger partial charge in [-0.05, 0) is 24.1 Å². The van der Waals surface area contributed by atoms with Crippen LogP contribution in [-0.2, 0) is 6.42 Å². The molecule has 1 rings (SSSR count). The number of aryl methyl sites for hydroxylation is 1. The largest absolute Gasteiger partial charge is 1.00 e. The summed E-state index contributed by atoms with van der Waals surface area (Å²) in [6.45, 7) is 2.09. The maximum atomic E-state index is 8.85. The van der Waals surface area contributed by atoms with Gasteiger partial charge in [-0.25, -0.2) is 0 Å². The van der Waals surface area contributed by atoms with Gasteiger partial charge in [0.25, 0.3) is 0 Å². The van der Waals surface area contributed by atoms with Crippen LogP contribution in [0.25, 0.3) is 0 Å². The molecule has 0 aliphatic carbocycles. The fourth-order valence-corrected chi connectivity index (χ4v) is 0.732. The Morgan fingerprint density at radius 1 is 1.30 bits per heavy atom. The van der Waals surface area contributed by atoms with E-state index in [4.69, 9.17) is 5.11 Å². The summed E-state index contributed by atoms with van der Waals surface area (Å²) in [5, 5.41) is 8.85. The molecule has 0 saturated heterocycles. The van der Waals surface area contributed by atoms with Crippen molar-refractivity contribution in [2.45, 2.75) is 13.3 Å². The van der Waals surface area contributed by atoms with Crippen molar-refractivity contribution in [2.75, 3.05) is 0 Å². The van der Waals surface area contributed by atoms with Crippen molar-refractivity contribution in [1.29, 1.82) is 0 Å². The minimum Gasteiger partial charge on any atom is -1.00 e. The van der Waals surface area contributed by atoms with Gasteiger partial charge in [0, 0.05) is 0 Å². The Labute approximate surface area is 105 Å². The molecule has 10 heavy (non-hydrogen) atoms. The van der Waals surface area contributed by atoms with Crippen molar-refractivity contribution >= 4 is 0 Å². The summed E-state index contributed by atoms with van der Waals surface area (Å²) < 4.78 is 0. The quantitative estimate of drug-likeness (QED) is 0.529. The molecule has 0 aromatic heterocycles. The summed E-state index contributed by atoms with van der Waals surface area (Å²) in [6.07, 6.45) is 1.03. The molecule has 0 saturated carbocycles. The molecule has 1 aromatic rings. The topological polar surface area (TPSA) is 20.2 Å². The zero-order valence-corrected chi connectivity index (χ0v) is 9.59. The van der Waals surface area contributed by atoms with Crippen LogP contribution in [0.15, 0.2) is 24.3 Å². The van der Waals surface area contributed by atoms with E-state index in [1.54, 1.807) is 12.1 Å². The molecule has 0 spiro atoms. The van der Waals surface area contributed by atoms with E-state index >= 15 is 0 Å². The third-order valence-corrected chi connectivity index (χ3v) is 1.34. The molecule has 0 unspecified atom stereocenters. The van der Waals surface area contributed by atoms with Crippen LogP contribution in [0.4, 0.5) is 0 Å². The van der Waals surface area contributed by atoms with Gasteiger partial charge in [0.1, 0.15) is 5.75 Å². The van der Waals surface area contributed by atoms with Gasteiger partial charge in [-0.1, -0.05) is 19.1 Å². The molecule has 0 amide bonds. The standard InChI is InChI=1S/C8H10O.K.H/c1-2-7-3-5-8(9)6-4-7;;/h3-6,9H,2H2,1H3;;/q;+1;-1. The molecule has 50 valence electrons. The van der Waals surface area contributed by atoms with Gasteiger partial charge in [-0.2, -0.15) is 0 Å². The van der Waals surface area contributed by atoms with E-state index < -0.39 is 0 Å². The summed E-state index contributed by atoms with van der Waals surface area (Å²) >= 11 is 0. The Morgan fingerprint density at radius 2 is 1.80 bits per heavy atom. The van der Waals surface area contributed by atoms with Gasteiger partial charge in [-0.15, -0.1) is 0 Å². The minimum absolute atomic E-state index is 0. The van der Waals surface area contributed by atoms with E-state index in [2.05, 4.69) is 6.92 Å². The third-order valence-electron chi connectivity index (χ3n) is 1.34. The molecule has 1 aromatic carbocycles. The van der Waals surface area contributed by atoms with Crippen molar-refractivity contribution in [2.24, 2.45) is 0 Å². The number of benzene rings is 1. The second-order valence-corrected chi connectivity index (χ2v) is 2.02. The van der Waals surface area contributed by atoms with Crippen LogP contribution in [0, 0.1) is 0 Å². The van der Waals surface area contributed by atoms with Gasteiger partial charge < -0.3 is 6.53 Å². The van der Waals surface area contributed by atoms with E-state index in [0.717, 1.165) is 6.42 Å². The van der Waals surface area contributed by atoms with Crippen molar-refractivity contribution in [1.82, 2.24) is 0 Å². The molecule has 0 fully saturated rings. The molecule has 0 radical (unpaired) electrons. The monoisotopic (exact) mass is 162 g/mol. The van der Waals surface area contributed by atoms with Crippen LogP contribution in [0.5, 0.6) is 5.75 Å². The van der Waals surface area contributed by atoms with Gasteiger partial charge in [0.2, 0.25) is 0 Å². The van der Waals surface area contributed by atoms with Crippen LogP contribution in [0.1, 0.15) is 13.9 Å². The van der Waals surface area contributed by atoms with E-state index in [9.17, 15) is 0 Å². The van der Waals surface area contributed by atoms with Crippen LogP contribution < -0.4 is 51.4 Å². The number of aromatic hydroxyl groups is 1. The van der Waals surface area contributed by atoms with E-state index in [1.807, 2.05) is 12.1 Å². The van der Waals surface area contributed by atoms with Crippen LogP contribution in [0.3, 0.4) is 0 Å². The number of phenolic OH excluding ortho intramolecular Hbond substituents is 1. The fraction of sp³-hybridized carbons (Fsp3) is 0.250. The first-order valence-corrected chi connectivity index (χ1v) is 3.11. The summed E-state index contributed by atoms with van der Waals surface area (Å²) in [5.41, 5.74) is 1.26. The Bertz CT molecular complexity index is 186. The van der Waals surface area contributed by atoms with Crippen LogP contribution >= 0.6 is 0 Å². The SMILES string of the molecule is CCc1ccc(O)cc1.[H-].[K+]. The Morgan fingerprint density at radius 3 is 2.20 bits per heavy atom. The van der Waals surface area contributed by atoms with Crippen molar-refractivity contribution in [3.05, 3.63) is 29.8 Å². The molecular formula is C8H11KO. The van der Waals surface area contributed by atoms with E-state index in [0.29, 0.717) is 5.75 Å². The number of rotatable bonds is 1. The first kappa shape index (κ1) is 10.7. The molecule has 1 nitrogen and oxygen atoms in total. The normalized spacial score (nSPS) is 8.50. The molecule has 0 aliphatic heterocycles. The Balaban J connectivity index is 0. The summed E-state index contributed by atoms with van der Waals surface area (Å²) in [6, 6.07) is 7.27. The summed E-state index contributed by atoms with van der Waals surface area (Å²) in [5.74, 6) is 0.340. The van der Waals surface area contributed by atoms with E-state index in [1.165, 1.54) is 5.56 Å². The smallest absolute Gasteiger partial charge is 1.00 e. The van der Waals surface area contributed by atoms with E-state index in [-0.39, 0.29) is 52.8 Å². The number of hydrogen-bond acceptors (Lipinski definition) is 1. The second-order valence-electron chi connectivity index (χ2n) is 2.02. The van der Waals surface area contributed by atoms with Crippen molar-refractivity contribution in [3.63, 3.8) is 0 Å².